The first-order chi connectivity index (χ1) is 9.15. The van der Waals surface area contributed by atoms with Crippen LogP contribution in [0.1, 0.15) is 74.9 Å². The minimum absolute atomic E-state index is 0.139. The fourth-order valence-corrected chi connectivity index (χ4v) is 3.98. The molecule has 108 valence electrons. The van der Waals surface area contributed by atoms with Crippen molar-refractivity contribution in [2.75, 3.05) is 0 Å². The van der Waals surface area contributed by atoms with Gasteiger partial charge in [-0.15, -0.1) is 11.3 Å². The van der Waals surface area contributed by atoms with Crippen LogP contribution in [-0.4, -0.2) is 11.0 Å². The maximum atomic E-state index is 4.96. The molecule has 0 aliphatic heterocycles. The summed E-state index contributed by atoms with van der Waals surface area (Å²) in [5, 5.41) is 5.26. The van der Waals surface area contributed by atoms with Gasteiger partial charge >= 0.3 is 0 Å². The van der Waals surface area contributed by atoms with Crippen LogP contribution in [0.15, 0.2) is 0 Å². The number of nitrogens with zero attached hydrogens (tertiary/aromatic N) is 1. The molecule has 19 heavy (non-hydrogen) atoms. The second kappa shape index (κ2) is 6.36. The molecule has 0 bridgehead atoms. The maximum Gasteiger partial charge on any atom is 0.113 e. The van der Waals surface area contributed by atoms with Gasteiger partial charge in [-0.3, -0.25) is 0 Å². The molecule has 1 atom stereocenters. The lowest BCUT2D eigenvalue weighted by Gasteiger charge is -2.32. The predicted molar refractivity (Wildman–Crippen MR) is 83.9 cm³/mol. The van der Waals surface area contributed by atoms with Gasteiger partial charge in [0.05, 0.1) is 11.2 Å². The van der Waals surface area contributed by atoms with Crippen LogP contribution in [0, 0.1) is 6.92 Å². The van der Waals surface area contributed by atoms with Gasteiger partial charge in [0.25, 0.3) is 0 Å². The molecule has 1 fully saturated rings. The van der Waals surface area contributed by atoms with Crippen LogP contribution >= 0.6 is 11.3 Å². The first kappa shape index (κ1) is 15.0. The maximum absolute atomic E-state index is 4.96. The Morgan fingerprint density at radius 2 is 2.05 bits per heavy atom. The molecule has 1 N–H and O–H groups in total. The van der Waals surface area contributed by atoms with E-state index >= 15 is 0 Å². The molecular formula is C16H28N2S. The molecule has 0 amide bonds. The van der Waals surface area contributed by atoms with E-state index in [9.17, 15) is 0 Å². The van der Waals surface area contributed by atoms with Crippen LogP contribution in [0.2, 0.25) is 0 Å². The predicted octanol–water partition coefficient (Wildman–Crippen LogP) is 4.56. The van der Waals surface area contributed by atoms with Gasteiger partial charge in [0, 0.05) is 10.9 Å². The molecular weight excluding hydrogens is 252 g/mol. The van der Waals surface area contributed by atoms with Gasteiger partial charge in [0.15, 0.2) is 0 Å². The van der Waals surface area contributed by atoms with E-state index in [1.165, 1.54) is 47.7 Å². The van der Waals surface area contributed by atoms with Crippen LogP contribution in [0.25, 0.3) is 0 Å². The summed E-state index contributed by atoms with van der Waals surface area (Å²) in [7, 11) is 0. The van der Waals surface area contributed by atoms with Crippen molar-refractivity contribution in [3.8, 4) is 0 Å². The van der Waals surface area contributed by atoms with E-state index in [-0.39, 0.29) is 5.54 Å². The van der Waals surface area contributed by atoms with Gasteiger partial charge in [0.1, 0.15) is 5.01 Å². The molecule has 3 heteroatoms. The second-order valence-corrected chi connectivity index (χ2v) is 7.04. The smallest absolute Gasteiger partial charge is 0.113 e. The number of rotatable bonds is 8. The first-order valence-electron chi connectivity index (χ1n) is 7.89. The van der Waals surface area contributed by atoms with Gasteiger partial charge in [-0.05, 0) is 39.0 Å². The third-order valence-electron chi connectivity index (χ3n) is 4.26. The Morgan fingerprint density at radius 3 is 2.53 bits per heavy atom. The van der Waals surface area contributed by atoms with Crippen LogP contribution < -0.4 is 5.32 Å². The summed E-state index contributed by atoms with van der Waals surface area (Å²) >= 11 is 1.92. The van der Waals surface area contributed by atoms with Gasteiger partial charge < -0.3 is 5.32 Å². The third kappa shape index (κ3) is 3.38. The normalized spacial score (nSPS) is 18.5. The largest absolute Gasteiger partial charge is 0.303 e. The summed E-state index contributed by atoms with van der Waals surface area (Å²) in [6.45, 7) is 9.02. The molecule has 1 aliphatic rings. The van der Waals surface area contributed by atoms with Crippen molar-refractivity contribution < 1.29 is 0 Å². The van der Waals surface area contributed by atoms with Crippen molar-refractivity contribution in [3.63, 3.8) is 0 Å². The number of hydrogen-bond donors (Lipinski definition) is 1. The topological polar surface area (TPSA) is 24.9 Å². The molecule has 1 aromatic rings. The van der Waals surface area contributed by atoms with E-state index in [0.717, 1.165) is 18.9 Å². The number of unbranched alkanes of at least 4 members (excludes halogenated alkanes) is 1. The quantitative estimate of drug-likeness (QED) is 0.755. The van der Waals surface area contributed by atoms with Crippen LogP contribution in [0.5, 0.6) is 0 Å². The minimum Gasteiger partial charge on any atom is -0.303 e. The first-order valence-corrected chi connectivity index (χ1v) is 8.71. The van der Waals surface area contributed by atoms with E-state index in [4.69, 9.17) is 4.98 Å². The molecule has 1 aromatic heterocycles. The van der Waals surface area contributed by atoms with Gasteiger partial charge in [-0.2, -0.15) is 0 Å². The number of nitrogens with one attached hydrogen (secondary N) is 1. The Kier molecular flexibility index (Phi) is 5.02. The highest BCUT2D eigenvalue weighted by Gasteiger charge is 2.38. The Bertz CT molecular complexity index is 409. The zero-order valence-electron chi connectivity index (χ0n) is 12.9. The van der Waals surface area contributed by atoms with Crippen molar-refractivity contribution in [1.29, 1.82) is 0 Å². The van der Waals surface area contributed by atoms with E-state index < -0.39 is 0 Å². The lowest BCUT2D eigenvalue weighted by atomic mass is 9.90. The lowest BCUT2D eigenvalue weighted by Crippen LogP contribution is -2.43. The molecule has 0 aromatic carbocycles. The van der Waals surface area contributed by atoms with E-state index in [1.807, 2.05) is 11.3 Å². The Morgan fingerprint density at radius 1 is 1.32 bits per heavy atom. The van der Waals surface area contributed by atoms with Crippen molar-refractivity contribution >= 4 is 11.3 Å². The minimum atomic E-state index is 0.139. The Balaban J connectivity index is 2.26. The van der Waals surface area contributed by atoms with Crippen LogP contribution in [0.3, 0.4) is 0 Å². The molecule has 2 nitrogen and oxygen atoms in total. The molecule has 2 rings (SSSR count). The van der Waals surface area contributed by atoms with Crippen molar-refractivity contribution in [1.82, 2.24) is 10.3 Å². The summed E-state index contributed by atoms with van der Waals surface area (Å²) in [5.74, 6) is 0. The number of aryl methyl sites for hydroxylation is 2. The monoisotopic (exact) mass is 280 g/mol. The average Bonchev–Trinajstić information content (AvgIpc) is 3.15. The summed E-state index contributed by atoms with van der Waals surface area (Å²) < 4.78 is 0. The van der Waals surface area contributed by atoms with Crippen molar-refractivity contribution in [2.24, 2.45) is 0 Å². The molecule has 0 saturated heterocycles. The molecule has 1 unspecified atom stereocenters. The van der Waals surface area contributed by atoms with E-state index in [1.54, 1.807) is 0 Å². The highest BCUT2D eigenvalue weighted by molar-refractivity contribution is 7.11. The summed E-state index contributed by atoms with van der Waals surface area (Å²) in [4.78, 5) is 6.37. The molecule has 0 radical (unpaired) electrons. The third-order valence-corrected chi connectivity index (χ3v) is 5.47. The lowest BCUT2D eigenvalue weighted by molar-refractivity contribution is 0.283. The standard InChI is InChI=1S/C16H28N2S/c1-5-8-11-16(7-3,18-13-9-10-13)15-17-14(6-2)12(4)19-15/h13,18H,5-11H2,1-4H3. The highest BCUT2D eigenvalue weighted by atomic mass is 32.1. The van der Waals surface area contributed by atoms with E-state index in [2.05, 4.69) is 33.0 Å². The van der Waals surface area contributed by atoms with Crippen LogP contribution in [0.4, 0.5) is 0 Å². The summed E-state index contributed by atoms with van der Waals surface area (Å²) in [5.41, 5.74) is 1.44. The summed E-state index contributed by atoms with van der Waals surface area (Å²) in [6.07, 6.45) is 8.68. The zero-order chi connectivity index (χ0) is 13.9. The summed E-state index contributed by atoms with van der Waals surface area (Å²) in [6, 6.07) is 0.742. The number of hydrogen-bond acceptors (Lipinski definition) is 3. The zero-order valence-corrected chi connectivity index (χ0v) is 13.7. The highest BCUT2D eigenvalue weighted by Crippen LogP contribution is 2.38. The van der Waals surface area contributed by atoms with Crippen molar-refractivity contribution in [3.05, 3.63) is 15.6 Å². The SMILES string of the molecule is CCCCC(CC)(NC1CC1)c1nc(CC)c(C)s1. The number of thiazole rings is 1. The number of aromatic nitrogens is 1. The second-order valence-electron chi connectivity index (χ2n) is 5.83. The molecule has 1 aliphatic carbocycles. The Hall–Kier alpha value is -0.410. The molecule has 1 heterocycles. The fourth-order valence-electron chi connectivity index (χ4n) is 2.73. The van der Waals surface area contributed by atoms with Gasteiger partial charge in [-0.1, -0.05) is 33.6 Å². The van der Waals surface area contributed by atoms with Gasteiger partial charge in [0.2, 0.25) is 0 Å². The molecule has 0 spiro atoms. The molecule has 1 saturated carbocycles. The van der Waals surface area contributed by atoms with Crippen LogP contribution in [-0.2, 0) is 12.0 Å². The fraction of sp³-hybridized carbons (Fsp3) is 0.812. The van der Waals surface area contributed by atoms with Gasteiger partial charge in [-0.25, -0.2) is 4.98 Å². The average molecular weight is 280 g/mol. The Labute approximate surface area is 122 Å². The van der Waals surface area contributed by atoms with E-state index in [0.29, 0.717) is 0 Å². The van der Waals surface area contributed by atoms with Crippen molar-refractivity contribution in [2.45, 2.75) is 84.2 Å².